The van der Waals surface area contributed by atoms with Gasteiger partial charge >= 0.3 is 8.10 Å². The van der Waals surface area contributed by atoms with E-state index in [-0.39, 0.29) is 6.61 Å². The Bertz CT molecular complexity index is 157. The summed E-state index contributed by atoms with van der Waals surface area (Å²) in [6.45, 7) is 1.74. The van der Waals surface area contributed by atoms with Gasteiger partial charge in [0.05, 0.1) is 13.1 Å². The highest BCUT2D eigenvalue weighted by molar-refractivity contribution is 7.39. The van der Waals surface area contributed by atoms with Crippen LogP contribution in [0, 0.1) is 0 Å². The summed E-state index contributed by atoms with van der Waals surface area (Å²) in [5, 5.41) is 11.3. The van der Waals surface area contributed by atoms with E-state index >= 15 is 0 Å². The van der Waals surface area contributed by atoms with Crippen molar-refractivity contribution >= 4 is 31.3 Å². The number of aliphatic hydroxyl groups is 1. The Hall–Kier alpha value is 0.560. The summed E-state index contributed by atoms with van der Waals surface area (Å²) < 4.78 is 13.3. The van der Waals surface area contributed by atoms with Crippen molar-refractivity contribution in [1.82, 2.24) is 9.76 Å². The van der Waals surface area contributed by atoms with Gasteiger partial charge in [-0.2, -0.15) is 0 Å². The molecule has 1 unspecified atom stereocenters. The molecule has 0 amide bonds. The zero-order valence-corrected chi connectivity index (χ0v) is 10.4. The first kappa shape index (κ1) is 14.6. The van der Waals surface area contributed by atoms with Crippen molar-refractivity contribution in [1.29, 1.82) is 0 Å². The van der Waals surface area contributed by atoms with Crippen LogP contribution >= 0.6 is 31.3 Å². The molecular weight excluding hydrogens is 246 g/mol. The van der Waals surface area contributed by atoms with E-state index in [0.717, 1.165) is 0 Å². The highest BCUT2D eigenvalue weighted by Gasteiger charge is 2.25. The van der Waals surface area contributed by atoms with Gasteiger partial charge in [0, 0.05) is 24.9 Å². The van der Waals surface area contributed by atoms with Gasteiger partial charge in [0.25, 0.3) is 0 Å². The third-order valence-corrected chi connectivity index (χ3v) is 3.27. The number of hydrogen-bond acceptors (Lipinski definition) is 2. The summed E-state index contributed by atoms with van der Waals surface area (Å²) in [7, 11) is -1.61. The van der Waals surface area contributed by atoms with Crippen molar-refractivity contribution in [3.8, 4) is 0 Å². The zero-order chi connectivity index (χ0) is 10.8. The summed E-state index contributed by atoms with van der Waals surface area (Å²) in [5.74, 6) is 0.860. The smallest absolute Gasteiger partial charge is 0.396 e. The van der Waals surface area contributed by atoms with Crippen molar-refractivity contribution in [2.24, 2.45) is 0 Å². The molecule has 0 rings (SSSR count). The van der Waals surface area contributed by atoms with E-state index in [4.69, 9.17) is 28.3 Å². The molecule has 0 bridgehead atoms. The zero-order valence-electron chi connectivity index (χ0n) is 7.96. The highest BCUT2D eigenvalue weighted by Crippen LogP contribution is 2.21. The SMILES string of the molecule is O=[P+](NCCCO)N(CCCl)CCCl. The van der Waals surface area contributed by atoms with Crippen molar-refractivity contribution in [3.05, 3.63) is 0 Å². The lowest BCUT2D eigenvalue weighted by molar-refractivity contribution is 0.289. The van der Waals surface area contributed by atoms with Gasteiger partial charge in [0.15, 0.2) is 0 Å². The van der Waals surface area contributed by atoms with Crippen LogP contribution in [0.2, 0.25) is 0 Å². The highest BCUT2D eigenvalue weighted by atomic mass is 35.5. The average Bonchev–Trinajstić information content (AvgIpc) is 2.18. The first-order valence-corrected chi connectivity index (χ1v) is 6.72. The Morgan fingerprint density at radius 1 is 1.29 bits per heavy atom. The third kappa shape index (κ3) is 6.93. The van der Waals surface area contributed by atoms with E-state index in [1.165, 1.54) is 0 Å². The monoisotopic (exact) mass is 261 g/mol. The van der Waals surface area contributed by atoms with Crippen molar-refractivity contribution < 1.29 is 9.67 Å². The molecule has 0 saturated carbocycles. The van der Waals surface area contributed by atoms with Gasteiger partial charge in [0.1, 0.15) is 0 Å². The van der Waals surface area contributed by atoms with E-state index in [1.807, 2.05) is 0 Å². The Morgan fingerprint density at radius 2 is 1.86 bits per heavy atom. The number of rotatable bonds is 9. The number of aliphatic hydroxyl groups excluding tert-OH is 1. The molecule has 0 aromatic rings. The maximum atomic E-state index is 11.6. The maximum Gasteiger partial charge on any atom is 0.534 e. The van der Waals surface area contributed by atoms with E-state index in [1.54, 1.807) is 4.67 Å². The van der Waals surface area contributed by atoms with E-state index in [0.29, 0.717) is 37.8 Å². The topological polar surface area (TPSA) is 52.6 Å². The molecule has 14 heavy (non-hydrogen) atoms. The molecule has 1 atom stereocenters. The number of nitrogens with one attached hydrogen (secondary N) is 1. The normalized spacial score (nSPS) is 12.1. The molecule has 84 valence electrons. The van der Waals surface area contributed by atoms with Crippen LogP contribution in [0.3, 0.4) is 0 Å². The third-order valence-electron chi connectivity index (χ3n) is 1.52. The van der Waals surface area contributed by atoms with E-state index in [9.17, 15) is 4.57 Å². The number of halogens is 2. The molecular formula is C7H16Cl2N2O2P+. The van der Waals surface area contributed by atoms with E-state index in [2.05, 4.69) is 5.09 Å². The molecule has 7 heteroatoms. The number of alkyl halides is 2. The lowest BCUT2D eigenvalue weighted by Crippen LogP contribution is -2.26. The predicted octanol–water partition coefficient (Wildman–Crippen LogP) is 1.40. The summed E-state index contributed by atoms with van der Waals surface area (Å²) in [4.78, 5) is 0. The number of nitrogens with zero attached hydrogens (tertiary/aromatic N) is 1. The first-order valence-electron chi connectivity index (χ1n) is 4.44. The van der Waals surface area contributed by atoms with Gasteiger partial charge < -0.3 is 5.11 Å². The number of hydrogen-bond donors (Lipinski definition) is 2. The Labute approximate surface area is 95.5 Å². The van der Waals surface area contributed by atoms with Crippen LogP contribution in [-0.2, 0) is 4.57 Å². The van der Waals surface area contributed by atoms with Crippen LogP contribution in [0.15, 0.2) is 0 Å². The van der Waals surface area contributed by atoms with Crippen LogP contribution in [0.25, 0.3) is 0 Å². The summed E-state index contributed by atoms with van der Waals surface area (Å²) in [6.07, 6.45) is 0.594. The minimum Gasteiger partial charge on any atom is -0.396 e. The molecule has 0 aliphatic rings. The maximum absolute atomic E-state index is 11.6. The molecule has 0 aromatic carbocycles. The minimum atomic E-state index is -1.61. The summed E-state index contributed by atoms with van der Waals surface area (Å²) in [5.41, 5.74) is 0. The molecule has 4 nitrogen and oxygen atoms in total. The van der Waals surface area contributed by atoms with Crippen LogP contribution in [0.4, 0.5) is 0 Å². The van der Waals surface area contributed by atoms with Crippen LogP contribution in [0.1, 0.15) is 6.42 Å². The van der Waals surface area contributed by atoms with Crippen LogP contribution < -0.4 is 5.09 Å². The average molecular weight is 262 g/mol. The molecule has 0 spiro atoms. The fourth-order valence-electron chi connectivity index (χ4n) is 0.842. The van der Waals surface area contributed by atoms with Gasteiger partial charge in [-0.25, -0.2) is 0 Å². The van der Waals surface area contributed by atoms with E-state index < -0.39 is 8.10 Å². The molecule has 2 N–H and O–H groups in total. The molecule has 0 saturated heterocycles. The minimum absolute atomic E-state index is 0.0984. The molecule has 0 heterocycles. The fraction of sp³-hybridized carbons (Fsp3) is 1.00. The Balaban J connectivity index is 3.76. The van der Waals surface area contributed by atoms with Crippen LogP contribution in [-0.4, -0.2) is 47.8 Å². The Morgan fingerprint density at radius 3 is 2.29 bits per heavy atom. The van der Waals surface area contributed by atoms with Crippen molar-refractivity contribution in [2.45, 2.75) is 6.42 Å². The second-order valence-corrected chi connectivity index (χ2v) is 4.77. The quantitative estimate of drug-likeness (QED) is 0.374. The molecule has 0 radical (unpaired) electrons. The van der Waals surface area contributed by atoms with Gasteiger partial charge in [0.2, 0.25) is 0 Å². The van der Waals surface area contributed by atoms with Crippen molar-refractivity contribution in [2.75, 3.05) is 38.0 Å². The first-order chi connectivity index (χ1) is 6.76. The van der Waals surface area contributed by atoms with Crippen molar-refractivity contribution in [3.63, 3.8) is 0 Å². The second-order valence-electron chi connectivity index (χ2n) is 2.59. The lowest BCUT2D eigenvalue weighted by Gasteiger charge is -2.06. The van der Waals surface area contributed by atoms with Gasteiger partial charge in [-0.3, -0.25) is 0 Å². The van der Waals surface area contributed by atoms with Gasteiger partial charge in [-0.05, 0) is 11.0 Å². The largest absolute Gasteiger partial charge is 0.534 e. The summed E-state index contributed by atoms with van der Waals surface area (Å²) in [6, 6.07) is 0. The molecule has 0 fully saturated rings. The second kappa shape index (κ2) is 10.1. The molecule has 0 aromatic heterocycles. The summed E-state index contributed by atoms with van der Waals surface area (Å²) >= 11 is 11.1. The fourth-order valence-corrected chi connectivity index (χ4v) is 2.60. The lowest BCUT2D eigenvalue weighted by atomic mass is 10.5. The standard InChI is InChI=1S/C7H16Cl2N2O2P/c8-2-5-11(6-3-9)14(13)10-4-1-7-12/h12H,1-7H2,(H,10,13)/q+1. The van der Waals surface area contributed by atoms with Gasteiger partial charge in [-0.1, -0.05) is 9.76 Å². The predicted molar refractivity (Wildman–Crippen MR) is 60.3 cm³/mol. The molecule has 0 aliphatic heterocycles. The molecule has 0 aliphatic carbocycles. The van der Waals surface area contributed by atoms with Gasteiger partial charge in [-0.15, -0.1) is 23.2 Å². The van der Waals surface area contributed by atoms with Crippen LogP contribution in [0.5, 0.6) is 0 Å². The Kier molecular flexibility index (Phi) is 10.5.